The van der Waals surface area contributed by atoms with Crippen molar-refractivity contribution in [3.63, 3.8) is 0 Å². The van der Waals surface area contributed by atoms with Gasteiger partial charge in [0.05, 0.1) is 23.9 Å². The Morgan fingerprint density at radius 3 is 2.71 bits per heavy atom. The third kappa shape index (κ3) is 4.32. The average molecular weight is 281 g/mol. The lowest BCUT2D eigenvalue weighted by Gasteiger charge is -2.14. The van der Waals surface area contributed by atoms with Crippen molar-refractivity contribution in [3.8, 4) is 11.8 Å². The minimum atomic E-state index is -0.623. The fraction of sp³-hybridized carbons (Fsp3) is 0.188. The van der Waals surface area contributed by atoms with Gasteiger partial charge in [0, 0.05) is 6.20 Å². The van der Waals surface area contributed by atoms with Gasteiger partial charge >= 0.3 is 0 Å². The Hall–Kier alpha value is -2.87. The molecule has 0 fully saturated rings. The summed E-state index contributed by atoms with van der Waals surface area (Å²) in [6.45, 7) is 2.03. The molecule has 1 amide bonds. The van der Waals surface area contributed by atoms with Gasteiger partial charge in [0.1, 0.15) is 5.75 Å². The summed E-state index contributed by atoms with van der Waals surface area (Å²) in [5, 5.41) is 11.5. The van der Waals surface area contributed by atoms with E-state index < -0.39 is 6.10 Å². The van der Waals surface area contributed by atoms with Crippen molar-refractivity contribution in [3.05, 3.63) is 59.9 Å². The van der Waals surface area contributed by atoms with E-state index in [2.05, 4.69) is 10.3 Å². The van der Waals surface area contributed by atoms with Crippen LogP contribution in [0, 0.1) is 11.3 Å². The molecule has 1 heterocycles. The van der Waals surface area contributed by atoms with Crippen molar-refractivity contribution in [2.24, 2.45) is 0 Å². The molecular formula is C16H15N3O2. The highest BCUT2D eigenvalue weighted by Gasteiger charge is 2.14. The summed E-state index contributed by atoms with van der Waals surface area (Å²) in [5.41, 5.74) is 1.34. The van der Waals surface area contributed by atoms with Gasteiger partial charge < -0.3 is 10.1 Å². The van der Waals surface area contributed by atoms with Crippen molar-refractivity contribution in [1.29, 1.82) is 5.26 Å². The van der Waals surface area contributed by atoms with Crippen molar-refractivity contribution in [2.45, 2.75) is 19.6 Å². The molecule has 1 aromatic carbocycles. The predicted molar refractivity (Wildman–Crippen MR) is 77.3 cm³/mol. The van der Waals surface area contributed by atoms with Crippen molar-refractivity contribution in [2.75, 3.05) is 0 Å². The molecule has 0 bridgehead atoms. The maximum Gasteiger partial charge on any atom is 0.261 e. The molecule has 0 spiro atoms. The molecule has 0 saturated carbocycles. The van der Waals surface area contributed by atoms with Crippen LogP contribution in [0.25, 0.3) is 0 Å². The number of hydrogen-bond acceptors (Lipinski definition) is 4. The third-order valence-corrected chi connectivity index (χ3v) is 2.84. The van der Waals surface area contributed by atoms with E-state index in [1.807, 2.05) is 24.3 Å². The molecule has 2 rings (SSSR count). The monoisotopic (exact) mass is 281 g/mol. The Morgan fingerprint density at radius 1 is 1.33 bits per heavy atom. The lowest BCUT2D eigenvalue weighted by Crippen LogP contribution is -2.36. The second-order valence-electron chi connectivity index (χ2n) is 4.44. The SMILES string of the molecule is CC(Oc1ccc(C#N)cc1)C(=O)NCc1ccccn1. The summed E-state index contributed by atoms with van der Waals surface area (Å²) in [7, 11) is 0. The normalized spacial score (nSPS) is 11.2. The van der Waals surface area contributed by atoms with Gasteiger partial charge in [-0.3, -0.25) is 9.78 Å². The summed E-state index contributed by atoms with van der Waals surface area (Å²) in [5.74, 6) is 0.333. The number of nitrogens with one attached hydrogen (secondary N) is 1. The number of aromatic nitrogens is 1. The molecule has 1 unspecified atom stereocenters. The minimum absolute atomic E-state index is 0.218. The van der Waals surface area contributed by atoms with Crippen LogP contribution in [-0.4, -0.2) is 17.0 Å². The fourth-order valence-corrected chi connectivity index (χ4v) is 1.69. The molecule has 5 nitrogen and oxygen atoms in total. The largest absolute Gasteiger partial charge is 0.481 e. The van der Waals surface area contributed by atoms with E-state index in [0.29, 0.717) is 17.9 Å². The minimum Gasteiger partial charge on any atom is -0.481 e. The quantitative estimate of drug-likeness (QED) is 0.910. The van der Waals surface area contributed by atoms with Gasteiger partial charge in [0.15, 0.2) is 6.10 Å². The Balaban J connectivity index is 1.86. The third-order valence-electron chi connectivity index (χ3n) is 2.84. The van der Waals surface area contributed by atoms with Gasteiger partial charge in [-0.1, -0.05) is 6.07 Å². The van der Waals surface area contributed by atoms with Gasteiger partial charge in [-0.15, -0.1) is 0 Å². The van der Waals surface area contributed by atoms with Crippen LogP contribution < -0.4 is 10.1 Å². The molecule has 21 heavy (non-hydrogen) atoms. The molecule has 5 heteroatoms. The highest BCUT2D eigenvalue weighted by Crippen LogP contribution is 2.13. The summed E-state index contributed by atoms with van der Waals surface area (Å²) < 4.78 is 5.52. The lowest BCUT2D eigenvalue weighted by atomic mass is 10.2. The number of carbonyl (C=O) groups is 1. The molecular weight excluding hydrogens is 266 g/mol. The lowest BCUT2D eigenvalue weighted by molar-refractivity contribution is -0.127. The zero-order valence-electron chi connectivity index (χ0n) is 11.6. The molecule has 0 radical (unpaired) electrons. The number of ether oxygens (including phenoxy) is 1. The number of rotatable bonds is 5. The van der Waals surface area contributed by atoms with Crippen LogP contribution in [0.1, 0.15) is 18.2 Å². The maximum absolute atomic E-state index is 11.9. The Labute approximate surface area is 123 Å². The second kappa shape index (κ2) is 7.06. The van der Waals surface area contributed by atoms with E-state index in [-0.39, 0.29) is 5.91 Å². The highest BCUT2D eigenvalue weighted by molar-refractivity contribution is 5.80. The number of pyridine rings is 1. The molecule has 1 atom stereocenters. The smallest absolute Gasteiger partial charge is 0.261 e. The van der Waals surface area contributed by atoms with Crippen molar-refractivity contribution in [1.82, 2.24) is 10.3 Å². The first kappa shape index (κ1) is 14.5. The number of nitriles is 1. The molecule has 106 valence electrons. The summed E-state index contributed by atoms with van der Waals surface area (Å²) in [6, 6.07) is 14.2. The number of benzene rings is 1. The van der Waals surface area contributed by atoms with Crippen LogP contribution in [-0.2, 0) is 11.3 Å². The maximum atomic E-state index is 11.9. The van der Waals surface area contributed by atoms with Crippen LogP contribution in [0.2, 0.25) is 0 Å². The first-order valence-corrected chi connectivity index (χ1v) is 6.53. The average Bonchev–Trinajstić information content (AvgIpc) is 2.54. The molecule has 0 aliphatic carbocycles. The van der Waals surface area contributed by atoms with Gasteiger partial charge in [-0.25, -0.2) is 0 Å². The van der Waals surface area contributed by atoms with Crippen LogP contribution in [0.4, 0.5) is 0 Å². The van der Waals surface area contributed by atoms with Gasteiger partial charge in [0.2, 0.25) is 0 Å². The summed E-state index contributed by atoms with van der Waals surface area (Å²) >= 11 is 0. The van der Waals surface area contributed by atoms with E-state index in [9.17, 15) is 4.79 Å². The standard InChI is InChI=1S/C16H15N3O2/c1-12(21-15-7-5-13(10-17)6-8-15)16(20)19-11-14-4-2-3-9-18-14/h2-9,12H,11H2,1H3,(H,19,20). The predicted octanol–water partition coefficient (Wildman–Crippen LogP) is 2.04. The highest BCUT2D eigenvalue weighted by atomic mass is 16.5. The van der Waals surface area contributed by atoms with Gasteiger partial charge in [0.25, 0.3) is 5.91 Å². The van der Waals surface area contributed by atoms with E-state index in [0.717, 1.165) is 5.69 Å². The van der Waals surface area contributed by atoms with Crippen LogP contribution in [0.15, 0.2) is 48.7 Å². The summed E-state index contributed by atoms with van der Waals surface area (Å²) in [6.07, 6.45) is 1.06. The van der Waals surface area contributed by atoms with E-state index >= 15 is 0 Å². The first-order chi connectivity index (χ1) is 10.2. The van der Waals surface area contributed by atoms with Crippen molar-refractivity contribution < 1.29 is 9.53 Å². The van der Waals surface area contributed by atoms with Gasteiger partial charge in [-0.2, -0.15) is 5.26 Å². The molecule has 0 saturated heterocycles. The number of hydrogen-bond donors (Lipinski definition) is 1. The topological polar surface area (TPSA) is 75.0 Å². The van der Waals surface area contributed by atoms with Crippen LogP contribution >= 0.6 is 0 Å². The van der Waals surface area contributed by atoms with Crippen LogP contribution in [0.3, 0.4) is 0 Å². The van der Waals surface area contributed by atoms with Gasteiger partial charge in [-0.05, 0) is 43.3 Å². The number of amides is 1. The van der Waals surface area contributed by atoms with E-state index in [1.165, 1.54) is 0 Å². The Kier molecular flexibility index (Phi) is 4.89. The van der Waals surface area contributed by atoms with Crippen LogP contribution in [0.5, 0.6) is 5.75 Å². The second-order valence-corrected chi connectivity index (χ2v) is 4.44. The zero-order valence-corrected chi connectivity index (χ0v) is 11.6. The molecule has 0 aliphatic heterocycles. The Morgan fingerprint density at radius 2 is 2.10 bits per heavy atom. The Bertz CT molecular complexity index is 633. The van der Waals surface area contributed by atoms with Crippen molar-refractivity contribution >= 4 is 5.91 Å². The number of carbonyl (C=O) groups excluding carboxylic acids is 1. The first-order valence-electron chi connectivity index (χ1n) is 6.53. The number of nitrogens with zero attached hydrogens (tertiary/aromatic N) is 2. The summed E-state index contributed by atoms with van der Waals surface area (Å²) in [4.78, 5) is 16.1. The zero-order chi connectivity index (χ0) is 15.1. The molecule has 1 aromatic heterocycles. The molecule has 0 aliphatic rings. The van der Waals surface area contributed by atoms with E-state index in [1.54, 1.807) is 37.4 Å². The molecule has 1 N–H and O–H groups in total. The van der Waals surface area contributed by atoms with E-state index in [4.69, 9.17) is 10.00 Å². The fourth-order valence-electron chi connectivity index (χ4n) is 1.69. The molecule has 2 aromatic rings.